The molecule has 0 fully saturated rings. The van der Waals surface area contributed by atoms with Crippen LogP contribution in [0.1, 0.15) is 5.56 Å². The second-order valence-corrected chi connectivity index (χ2v) is 11.3. The van der Waals surface area contributed by atoms with Crippen LogP contribution in [-0.4, -0.2) is 55.5 Å². The Kier molecular flexibility index (Phi) is 5.60. The third-order valence-corrected chi connectivity index (χ3v) is 7.03. The number of aryl methyl sites for hydroxylation is 1. The number of rotatable bonds is 6. The van der Waals surface area contributed by atoms with Crippen LogP contribution in [0.3, 0.4) is 0 Å². The zero-order valence-corrected chi connectivity index (χ0v) is 20.9. The second-order valence-electron chi connectivity index (χ2n) is 9.04. The van der Waals surface area contributed by atoms with Gasteiger partial charge in [-0.3, -0.25) is 15.1 Å². The van der Waals surface area contributed by atoms with Crippen molar-refractivity contribution in [3.8, 4) is 34.0 Å². The van der Waals surface area contributed by atoms with E-state index in [4.69, 9.17) is 15.7 Å². The molecule has 0 bridgehead atoms. The molecule has 6 aromatic rings. The molecular weight excluding hydrogens is 507 g/mol. The normalized spacial score (nSPS) is 11.9. The highest BCUT2D eigenvalue weighted by atomic mass is 32.2. The minimum Gasteiger partial charge on any atom is -0.397 e. The highest BCUT2D eigenvalue weighted by Gasteiger charge is 2.18. The highest BCUT2D eigenvalue weighted by molar-refractivity contribution is 7.90. The van der Waals surface area contributed by atoms with Crippen molar-refractivity contribution >= 4 is 37.6 Å². The first-order valence-corrected chi connectivity index (χ1v) is 13.7. The van der Waals surface area contributed by atoms with Gasteiger partial charge in [-0.15, -0.1) is 0 Å². The van der Waals surface area contributed by atoms with E-state index in [-0.39, 0.29) is 12.2 Å². The first-order valence-electron chi connectivity index (χ1n) is 11.6. The van der Waals surface area contributed by atoms with E-state index in [2.05, 4.69) is 25.1 Å². The third kappa shape index (κ3) is 4.57. The van der Waals surface area contributed by atoms with Gasteiger partial charge in [-0.1, -0.05) is 0 Å². The van der Waals surface area contributed by atoms with Crippen molar-refractivity contribution in [3.05, 3.63) is 72.4 Å². The van der Waals surface area contributed by atoms with Crippen LogP contribution >= 0.6 is 0 Å². The van der Waals surface area contributed by atoms with Gasteiger partial charge in [0.25, 0.3) is 0 Å². The van der Waals surface area contributed by atoms with Crippen LogP contribution in [0.25, 0.3) is 56.1 Å². The van der Waals surface area contributed by atoms with Crippen molar-refractivity contribution in [2.75, 3.05) is 17.7 Å². The molecule has 0 saturated carbocycles. The largest absolute Gasteiger partial charge is 0.397 e. The molecule has 0 atom stereocenters. The maximum absolute atomic E-state index is 14.5. The van der Waals surface area contributed by atoms with Crippen molar-refractivity contribution < 1.29 is 12.8 Å². The van der Waals surface area contributed by atoms with E-state index in [1.54, 1.807) is 36.8 Å². The Balaban J connectivity index is 1.43. The number of hydrogen-bond donors (Lipinski definition) is 3. The van der Waals surface area contributed by atoms with Gasteiger partial charge in [0.05, 0.1) is 33.9 Å². The predicted octanol–water partition coefficient (Wildman–Crippen LogP) is 3.93. The van der Waals surface area contributed by atoms with E-state index >= 15 is 0 Å². The van der Waals surface area contributed by atoms with Crippen LogP contribution in [0.15, 0.2) is 61.1 Å². The molecule has 0 aliphatic rings. The van der Waals surface area contributed by atoms with Gasteiger partial charge in [-0.2, -0.15) is 5.10 Å². The lowest BCUT2D eigenvalue weighted by Gasteiger charge is -2.06. The van der Waals surface area contributed by atoms with Crippen molar-refractivity contribution in [1.29, 1.82) is 0 Å². The van der Waals surface area contributed by atoms with E-state index < -0.39 is 15.7 Å². The van der Waals surface area contributed by atoms with Crippen LogP contribution in [0, 0.1) is 5.82 Å². The van der Waals surface area contributed by atoms with E-state index in [0.717, 1.165) is 17.3 Å². The fourth-order valence-electron chi connectivity index (χ4n) is 4.32. The van der Waals surface area contributed by atoms with Crippen LogP contribution in [0.2, 0.25) is 0 Å². The molecule has 0 radical (unpaired) electrons. The molecule has 38 heavy (non-hydrogen) atoms. The highest BCUT2D eigenvalue weighted by Crippen LogP contribution is 2.31. The molecule has 190 valence electrons. The fourth-order valence-corrected chi connectivity index (χ4v) is 4.92. The van der Waals surface area contributed by atoms with Gasteiger partial charge in [0, 0.05) is 36.0 Å². The summed E-state index contributed by atoms with van der Waals surface area (Å²) in [4.78, 5) is 21.4. The van der Waals surface area contributed by atoms with Gasteiger partial charge >= 0.3 is 0 Å². The minimum atomic E-state index is -3.19. The molecule has 0 saturated heterocycles. The molecule has 0 spiro atoms. The number of nitrogens with zero attached hydrogens (tertiary/aromatic N) is 5. The number of sulfone groups is 1. The molecule has 5 heterocycles. The summed E-state index contributed by atoms with van der Waals surface area (Å²) in [6.45, 7) is 0. The molecular formula is C26H21FN8O2S. The van der Waals surface area contributed by atoms with Gasteiger partial charge in [-0.25, -0.2) is 22.8 Å². The maximum atomic E-state index is 14.5. The van der Waals surface area contributed by atoms with E-state index in [9.17, 15) is 12.8 Å². The number of fused-ring (bicyclic) bond motifs is 2. The summed E-state index contributed by atoms with van der Waals surface area (Å²) in [5.74, 6) is -0.0939. The number of halogens is 1. The number of pyridine rings is 3. The van der Waals surface area contributed by atoms with Gasteiger partial charge in [0.1, 0.15) is 26.7 Å². The van der Waals surface area contributed by atoms with Crippen LogP contribution in [0.4, 0.5) is 10.1 Å². The molecule has 12 heteroatoms. The Morgan fingerprint density at radius 3 is 2.61 bits per heavy atom. The Hall–Kier alpha value is -4.71. The monoisotopic (exact) mass is 528 g/mol. The summed E-state index contributed by atoms with van der Waals surface area (Å²) in [6, 6.07) is 11.7. The van der Waals surface area contributed by atoms with Crippen molar-refractivity contribution in [1.82, 2.24) is 35.1 Å². The quantitative estimate of drug-likeness (QED) is 0.293. The van der Waals surface area contributed by atoms with Crippen molar-refractivity contribution in [3.63, 3.8) is 0 Å². The standard InChI is InChI=1S/C26H21FN8O2S/c1-38(36,37)7-5-14-8-15(10-17(27)9-14)22-23-20(4-6-30-22)32-26(33-23)25-24-21(34-35-25)3-2-19(31-24)16-11-18(28)13-29-12-16/h2-4,6,8-13H,5,7,28H2,1H3,(H,32,33)(H,34,35). The first-order chi connectivity index (χ1) is 18.2. The number of benzene rings is 1. The van der Waals surface area contributed by atoms with Crippen molar-refractivity contribution in [2.45, 2.75) is 6.42 Å². The summed E-state index contributed by atoms with van der Waals surface area (Å²) in [6.07, 6.45) is 6.21. The van der Waals surface area contributed by atoms with E-state index in [0.29, 0.717) is 56.3 Å². The number of hydrogen-bond acceptors (Lipinski definition) is 8. The Labute approximate surface area is 216 Å². The maximum Gasteiger partial charge on any atom is 0.161 e. The number of nitrogen functional groups attached to an aromatic ring is 1. The number of nitrogens with one attached hydrogen (secondary N) is 2. The molecule has 5 aromatic heterocycles. The van der Waals surface area contributed by atoms with Gasteiger partial charge in [0.15, 0.2) is 11.5 Å². The molecule has 1 aromatic carbocycles. The summed E-state index contributed by atoms with van der Waals surface area (Å²) < 4.78 is 37.7. The topological polar surface area (TPSA) is 156 Å². The minimum absolute atomic E-state index is 0.0765. The molecule has 4 N–H and O–H groups in total. The third-order valence-electron chi connectivity index (χ3n) is 6.08. The Morgan fingerprint density at radius 2 is 1.79 bits per heavy atom. The SMILES string of the molecule is CS(=O)(=O)CCc1cc(F)cc(-c2nccc3[nH]c(-c4n[nH]c5ccc(-c6cncc(N)c6)nc45)nc23)c1. The zero-order chi connectivity index (χ0) is 26.4. The molecule has 0 unspecified atom stereocenters. The lowest BCUT2D eigenvalue weighted by Crippen LogP contribution is -2.06. The molecule has 6 rings (SSSR count). The summed E-state index contributed by atoms with van der Waals surface area (Å²) in [5.41, 5.74) is 12.4. The summed E-state index contributed by atoms with van der Waals surface area (Å²) in [5, 5.41) is 7.41. The smallest absolute Gasteiger partial charge is 0.161 e. The van der Waals surface area contributed by atoms with Crippen LogP contribution in [-0.2, 0) is 16.3 Å². The summed E-state index contributed by atoms with van der Waals surface area (Å²) >= 11 is 0. The predicted molar refractivity (Wildman–Crippen MR) is 143 cm³/mol. The zero-order valence-electron chi connectivity index (χ0n) is 20.1. The average Bonchev–Trinajstić information content (AvgIpc) is 3.50. The number of anilines is 1. The number of nitrogens with two attached hydrogens (primary N) is 1. The number of H-pyrrole nitrogens is 2. The van der Waals surface area contributed by atoms with Crippen LogP contribution in [0.5, 0.6) is 0 Å². The lowest BCUT2D eigenvalue weighted by atomic mass is 10.0. The molecule has 0 aliphatic heterocycles. The first kappa shape index (κ1) is 23.7. The number of imidazole rings is 1. The molecule has 10 nitrogen and oxygen atoms in total. The lowest BCUT2D eigenvalue weighted by molar-refractivity contribution is 0.600. The second kappa shape index (κ2) is 8.99. The van der Waals surface area contributed by atoms with Gasteiger partial charge in [-0.05, 0) is 54.4 Å². The Morgan fingerprint density at radius 1 is 0.947 bits per heavy atom. The van der Waals surface area contributed by atoms with Crippen LogP contribution < -0.4 is 5.73 Å². The summed E-state index contributed by atoms with van der Waals surface area (Å²) in [7, 11) is -3.19. The number of aromatic nitrogens is 7. The average molecular weight is 529 g/mol. The van der Waals surface area contributed by atoms with Gasteiger partial charge in [0.2, 0.25) is 0 Å². The fraction of sp³-hybridized carbons (Fsp3) is 0.115. The molecule has 0 aliphatic carbocycles. The van der Waals surface area contributed by atoms with E-state index in [1.165, 1.54) is 12.1 Å². The van der Waals surface area contributed by atoms with E-state index in [1.807, 2.05) is 12.1 Å². The number of aromatic amines is 2. The Bertz CT molecular complexity index is 1950. The van der Waals surface area contributed by atoms with Gasteiger partial charge < -0.3 is 10.7 Å². The molecule has 0 amide bonds. The van der Waals surface area contributed by atoms with Crippen molar-refractivity contribution in [2.24, 2.45) is 0 Å².